The van der Waals surface area contributed by atoms with Crippen molar-refractivity contribution >= 4 is 11.9 Å². The Labute approximate surface area is 140 Å². The first-order valence-corrected chi connectivity index (χ1v) is 8.11. The molecule has 2 atom stereocenters. The number of carbonyl (C=O) groups excluding carboxylic acids is 1. The number of morpholine rings is 1. The minimum absolute atomic E-state index is 0.0609. The number of aliphatic carboxylic acids is 1. The molecule has 1 aromatic carbocycles. The van der Waals surface area contributed by atoms with E-state index in [0.29, 0.717) is 24.5 Å². The zero-order valence-electron chi connectivity index (χ0n) is 13.3. The average Bonchev–Trinajstić information content (AvgIpc) is 3.13. The third-order valence-corrected chi connectivity index (χ3v) is 4.19. The molecule has 0 spiro atoms. The minimum atomic E-state index is -1.05. The molecule has 0 bridgehead atoms. The summed E-state index contributed by atoms with van der Waals surface area (Å²) in [6, 6.07) is 6.88. The predicted octanol–water partition coefficient (Wildman–Crippen LogP) is 1.17. The largest absolute Gasteiger partial charge is 0.491 e. The Balaban J connectivity index is 1.56. The molecule has 1 amide bonds. The fourth-order valence-electron chi connectivity index (χ4n) is 2.82. The van der Waals surface area contributed by atoms with Gasteiger partial charge in [-0.05, 0) is 37.1 Å². The van der Waals surface area contributed by atoms with Gasteiger partial charge in [-0.25, -0.2) is 4.79 Å². The fraction of sp³-hybridized carbons (Fsp3) is 0.529. The Morgan fingerprint density at radius 2 is 2.00 bits per heavy atom. The molecule has 7 heteroatoms. The van der Waals surface area contributed by atoms with Crippen molar-refractivity contribution in [3.63, 3.8) is 0 Å². The summed E-state index contributed by atoms with van der Waals surface area (Å²) in [7, 11) is 0. The van der Waals surface area contributed by atoms with Crippen molar-refractivity contribution in [2.75, 3.05) is 32.9 Å². The van der Waals surface area contributed by atoms with E-state index in [9.17, 15) is 9.59 Å². The molecule has 2 aliphatic rings. The van der Waals surface area contributed by atoms with E-state index in [2.05, 4.69) is 0 Å². The van der Waals surface area contributed by atoms with Gasteiger partial charge in [0.05, 0.1) is 19.3 Å². The van der Waals surface area contributed by atoms with Gasteiger partial charge in [-0.1, -0.05) is 0 Å². The maximum absolute atomic E-state index is 12.5. The highest BCUT2D eigenvalue weighted by atomic mass is 16.5. The molecule has 0 aliphatic carbocycles. The maximum Gasteiger partial charge on any atom is 0.334 e. The molecule has 7 nitrogen and oxygen atoms in total. The average molecular weight is 335 g/mol. The summed E-state index contributed by atoms with van der Waals surface area (Å²) in [6.07, 6.45) is 1.26. The molecule has 0 radical (unpaired) electrons. The number of hydrogen-bond donors (Lipinski definition) is 1. The maximum atomic E-state index is 12.5. The van der Waals surface area contributed by atoms with Gasteiger partial charge in [0.25, 0.3) is 5.91 Å². The highest BCUT2D eigenvalue weighted by Crippen LogP contribution is 2.18. The molecule has 3 rings (SSSR count). The quantitative estimate of drug-likeness (QED) is 0.869. The Hall–Kier alpha value is -2.12. The summed E-state index contributed by atoms with van der Waals surface area (Å²) in [6.45, 7) is 1.98. The number of benzene rings is 1. The van der Waals surface area contributed by atoms with E-state index in [1.54, 1.807) is 24.3 Å². The standard InChI is InChI=1S/C17H21NO6/c19-16(18-7-9-23-15(10-18)17(20)21)12-3-5-13(6-4-12)24-11-14-2-1-8-22-14/h3-6,14-15H,1-2,7-11H2,(H,20,21)/t14-,15-/m0/s1. The van der Waals surface area contributed by atoms with E-state index in [1.807, 2.05) is 0 Å². The first kappa shape index (κ1) is 16.7. The Morgan fingerprint density at radius 1 is 1.21 bits per heavy atom. The third kappa shape index (κ3) is 4.04. The lowest BCUT2D eigenvalue weighted by Gasteiger charge is -2.30. The molecule has 2 saturated heterocycles. The molecule has 1 aromatic rings. The van der Waals surface area contributed by atoms with E-state index in [4.69, 9.17) is 19.3 Å². The van der Waals surface area contributed by atoms with Gasteiger partial charge in [0.2, 0.25) is 0 Å². The van der Waals surface area contributed by atoms with Crippen molar-refractivity contribution in [3.05, 3.63) is 29.8 Å². The van der Waals surface area contributed by atoms with Gasteiger partial charge in [-0.3, -0.25) is 4.79 Å². The molecule has 130 valence electrons. The van der Waals surface area contributed by atoms with Crippen molar-refractivity contribution < 1.29 is 28.9 Å². The van der Waals surface area contributed by atoms with Crippen LogP contribution in [0.1, 0.15) is 23.2 Å². The lowest BCUT2D eigenvalue weighted by Crippen LogP contribution is -2.48. The second-order valence-corrected chi connectivity index (χ2v) is 5.92. The summed E-state index contributed by atoms with van der Waals surface area (Å²) in [5.41, 5.74) is 0.505. The van der Waals surface area contributed by atoms with E-state index in [1.165, 1.54) is 4.90 Å². The van der Waals surface area contributed by atoms with Gasteiger partial charge in [-0.2, -0.15) is 0 Å². The molecule has 24 heavy (non-hydrogen) atoms. The monoisotopic (exact) mass is 335 g/mol. The zero-order valence-corrected chi connectivity index (χ0v) is 13.3. The molecule has 0 unspecified atom stereocenters. The van der Waals surface area contributed by atoms with Gasteiger partial charge in [0.1, 0.15) is 12.4 Å². The molecule has 0 aromatic heterocycles. The number of hydrogen-bond acceptors (Lipinski definition) is 5. The smallest absolute Gasteiger partial charge is 0.334 e. The second kappa shape index (κ2) is 7.63. The summed E-state index contributed by atoms with van der Waals surface area (Å²) in [5, 5.41) is 9.00. The van der Waals surface area contributed by atoms with Crippen molar-refractivity contribution in [1.82, 2.24) is 4.90 Å². The number of amides is 1. The van der Waals surface area contributed by atoms with Crippen LogP contribution in [-0.4, -0.2) is 67.0 Å². The Bertz CT molecular complexity index is 581. The number of carboxylic acids is 1. The van der Waals surface area contributed by atoms with E-state index < -0.39 is 12.1 Å². The normalized spacial score (nSPS) is 23.9. The van der Waals surface area contributed by atoms with Crippen LogP contribution in [0.3, 0.4) is 0 Å². The summed E-state index contributed by atoms with van der Waals surface area (Å²) in [5.74, 6) is -0.562. The lowest BCUT2D eigenvalue weighted by molar-refractivity contribution is -0.154. The topological polar surface area (TPSA) is 85.3 Å². The molecule has 1 N–H and O–H groups in total. The van der Waals surface area contributed by atoms with E-state index in [-0.39, 0.29) is 25.2 Å². The first-order chi connectivity index (χ1) is 11.6. The van der Waals surface area contributed by atoms with Crippen LogP contribution in [0.5, 0.6) is 5.75 Å². The SMILES string of the molecule is O=C(O)[C@@H]1CN(C(=O)c2ccc(OC[C@@H]3CCCO3)cc2)CCO1. The van der Waals surface area contributed by atoms with Crippen LogP contribution in [0, 0.1) is 0 Å². The first-order valence-electron chi connectivity index (χ1n) is 8.11. The molecule has 2 fully saturated rings. The zero-order chi connectivity index (χ0) is 16.9. The van der Waals surface area contributed by atoms with Gasteiger partial charge in [0.15, 0.2) is 6.10 Å². The number of nitrogens with zero attached hydrogens (tertiary/aromatic N) is 1. The number of rotatable bonds is 5. The highest BCUT2D eigenvalue weighted by Gasteiger charge is 2.29. The molecule has 2 aliphatic heterocycles. The minimum Gasteiger partial charge on any atom is -0.491 e. The van der Waals surface area contributed by atoms with Crippen LogP contribution in [0.2, 0.25) is 0 Å². The van der Waals surface area contributed by atoms with Crippen LogP contribution in [-0.2, 0) is 14.3 Å². The predicted molar refractivity (Wildman–Crippen MR) is 84.2 cm³/mol. The van der Waals surface area contributed by atoms with E-state index in [0.717, 1.165) is 19.4 Å². The van der Waals surface area contributed by atoms with Crippen LogP contribution < -0.4 is 4.74 Å². The van der Waals surface area contributed by atoms with Crippen LogP contribution in [0.25, 0.3) is 0 Å². The van der Waals surface area contributed by atoms with Crippen LogP contribution >= 0.6 is 0 Å². The molecule has 2 heterocycles. The summed E-state index contributed by atoms with van der Waals surface area (Å²) >= 11 is 0. The molecular formula is C17H21NO6. The van der Waals surface area contributed by atoms with Crippen LogP contribution in [0.15, 0.2) is 24.3 Å². The number of carbonyl (C=O) groups is 2. The number of ether oxygens (including phenoxy) is 3. The number of carboxylic acid groups (broad SMARTS) is 1. The van der Waals surface area contributed by atoms with Gasteiger partial charge in [0, 0.05) is 18.7 Å². The van der Waals surface area contributed by atoms with Gasteiger partial charge in [-0.15, -0.1) is 0 Å². The lowest BCUT2D eigenvalue weighted by atomic mass is 10.1. The summed E-state index contributed by atoms with van der Waals surface area (Å²) in [4.78, 5) is 25.0. The van der Waals surface area contributed by atoms with Crippen molar-refractivity contribution in [2.45, 2.75) is 25.0 Å². The summed E-state index contributed by atoms with van der Waals surface area (Å²) < 4.78 is 16.3. The van der Waals surface area contributed by atoms with Crippen molar-refractivity contribution in [1.29, 1.82) is 0 Å². The van der Waals surface area contributed by atoms with Gasteiger partial charge < -0.3 is 24.2 Å². The van der Waals surface area contributed by atoms with Crippen molar-refractivity contribution in [3.8, 4) is 5.75 Å². The fourth-order valence-corrected chi connectivity index (χ4v) is 2.82. The van der Waals surface area contributed by atoms with Crippen molar-refractivity contribution in [2.24, 2.45) is 0 Å². The Kier molecular flexibility index (Phi) is 5.32. The molecular weight excluding hydrogens is 314 g/mol. The second-order valence-electron chi connectivity index (χ2n) is 5.92. The highest BCUT2D eigenvalue weighted by molar-refractivity contribution is 5.94. The Morgan fingerprint density at radius 3 is 2.67 bits per heavy atom. The third-order valence-electron chi connectivity index (χ3n) is 4.19. The molecule has 0 saturated carbocycles. The van der Waals surface area contributed by atoms with Gasteiger partial charge >= 0.3 is 5.97 Å². The van der Waals surface area contributed by atoms with E-state index >= 15 is 0 Å². The van der Waals surface area contributed by atoms with Crippen LogP contribution in [0.4, 0.5) is 0 Å².